The Balaban J connectivity index is 1.61. The van der Waals surface area contributed by atoms with Gasteiger partial charge in [0.1, 0.15) is 10.5 Å². The van der Waals surface area contributed by atoms with E-state index in [4.69, 9.17) is 9.40 Å². The predicted molar refractivity (Wildman–Crippen MR) is 97.8 cm³/mol. The lowest BCUT2D eigenvalue weighted by atomic mass is 9.97. The molecule has 3 fully saturated rings. The number of hydrogen-bond donors (Lipinski definition) is 2. The van der Waals surface area contributed by atoms with Crippen molar-refractivity contribution < 1.29 is 9.52 Å². The van der Waals surface area contributed by atoms with E-state index in [0.717, 1.165) is 46.9 Å². The molecule has 130 valence electrons. The molecule has 3 aliphatic rings. The maximum absolute atomic E-state index is 9.70. The van der Waals surface area contributed by atoms with Crippen molar-refractivity contribution in [3.63, 3.8) is 0 Å². The van der Waals surface area contributed by atoms with Crippen molar-refractivity contribution in [3.8, 4) is 10.6 Å². The van der Waals surface area contributed by atoms with E-state index in [0.29, 0.717) is 18.0 Å². The number of anilines is 1. The first-order valence-electron chi connectivity index (χ1n) is 8.73. The van der Waals surface area contributed by atoms with E-state index >= 15 is 0 Å². The lowest BCUT2D eigenvalue weighted by molar-refractivity contribution is 0.283. The van der Waals surface area contributed by atoms with Crippen LogP contribution >= 0.6 is 11.3 Å². The second-order valence-electron chi connectivity index (χ2n) is 6.90. The maximum Gasteiger partial charge on any atom is 0.298 e. The summed E-state index contributed by atoms with van der Waals surface area (Å²) in [6.07, 6.45) is 4.27. The standard InChI is InChI=1S/C18H20N4O2S/c23-10-12-2-4-14(17-19-5-6-25-17)16-15(12)21-18(24-16)22-8-11-1-3-13(9-22)20-7-11/h2,4-6,11,13,20,23H,1,3,7-10H2. The Morgan fingerprint density at radius 3 is 3.04 bits per heavy atom. The molecule has 2 unspecified atom stereocenters. The van der Waals surface area contributed by atoms with Gasteiger partial charge in [-0.2, -0.15) is 4.98 Å². The van der Waals surface area contributed by atoms with E-state index in [-0.39, 0.29) is 6.61 Å². The Morgan fingerprint density at radius 1 is 1.32 bits per heavy atom. The summed E-state index contributed by atoms with van der Waals surface area (Å²) in [5, 5.41) is 16.2. The molecule has 0 spiro atoms. The Bertz CT molecular complexity index is 870. The van der Waals surface area contributed by atoms with Crippen LogP contribution < -0.4 is 10.2 Å². The molecule has 6 nitrogen and oxygen atoms in total. The number of piperidine rings is 1. The highest BCUT2D eigenvalue weighted by molar-refractivity contribution is 7.13. The number of oxazole rings is 1. The smallest absolute Gasteiger partial charge is 0.298 e. The lowest BCUT2D eigenvalue weighted by Gasteiger charge is -2.22. The van der Waals surface area contributed by atoms with Gasteiger partial charge in [-0.05, 0) is 31.4 Å². The molecule has 3 aromatic rings. The average Bonchev–Trinajstić information content (AvgIpc) is 3.24. The Kier molecular flexibility index (Phi) is 3.73. The molecular formula is C18H20N4O2S. The van der Waals surface area contributed by atoms with Gasteiger partial charge in [-0.25, -0.2) is 4.98 Å². The minimum atomic E-state index is -0.0482. The van der Waals surface area contributed by atoms with Crippen LogP contribution in [-0.2, 0) is 6.61 Å². The predicted octanol–water partition coefficient (Wildman–Crippen LogP) is 2.63. The van der Waals surface area contributed by atoms with Crippen LogP contribution in [0, 0.1) is 5.92 Å². The first-order valence-corrected chi connectivity index (χ1v) is 9.61. The highest BCUT2D eigenvalue weighted by Gasteiger charge is 2.31. The van der Waals surface area contributed by atoms with E-state index in [2.05, 4.69) is 15.2 Å². The highest BCUT2D eigenvalue weighted by Crippen LogP contribution is 2.36. The minimum absolute atomic E-state index is 0.0482. The quantitative estimate of drug-likeness (QED) is 0.751. The molecule has 0 aliphatic carbocycles. The zero-order valence-electron chi connectivity index (χ0n) is 13.8. The van der Waals surface area contributed by atoms with Gasteiger partial charge in [0, 0.05) is 36.3 Å². The number of thiazole rings is 1. The van der Waals surface area contributed by atoms with Crippen LogP contribution in [0.2, 0.25) is 0 Å². The van der Waals surface area contributed by atoms with Gasteiger partial charge >= 0.3 is 0 Å². The number of aromatic nitrogens is 2. The molecule has 0 radical (unpaired) electrons. The van der Waals surface area contributed by atoms with Gasteiger partial charge in [0.2, 0.25) is 0 Å². The Labute approximate surface area is 149 Å². The van der Waals surface area contributed by atoms with Gasteiger partial charge in [0.15, 0.2) is 5.58 Å². The molecule has 2 bridgehead atoms. The summed E-state index contributed by atoms with van der Waals surface area (Å²) >= 11 is 1.58. The Morgan fingerprint density at radius 2 is 2.28 bits per heavy atom. The molecule has 0 amide bonds. The number of aliphatic hydroxyl groups is 1. The Hall–Kier alpha value is -1.96. The van der Waals surface area contributed by atoms with Crippen molar-refractivity contribution in [3.05, 3.63) is 29.3 Å². The molecule has 3 saturated heterocycles. The third-order valence-corrected chi connectivity index (χ3v) is 6.06. The summed E-state index contributed by atoms with van der Waals surface area (Å²) in [6, 6.07) is 5.05. The number of fused-ring (bicyclic) bond motifs is 5. The largest absolute Gasteiger partial charge is 0.423 e. The molecule has 0 saturated carbocycles. The van der Waals surface area contributed by atoms with Gasteiger partial charge in [-0.1, -0.05) is 6.07 Å². The first-order chi connectivity index (χ1) is 12.3. The number of aliphatic hydroxyl groups excluding tert-OH is 1. The topological polar surface area (TPSA) is 74.4 Å². The molecule has 3 aliphatic heterocycles. The van der Waals surface area contributed by atoms with Crippen molar-refractivity contribution in [1.29, 1.82) is 0 Å². The number of rotatable bonds is 3. The fourth-order valence-corrected chi connectivity index (χ4v) is 4.59. The van der Waals surface area contributed by atoms with Crippen molar-refractivity contribution in [2.24, 2.45) is 5.92 Å². The highest BCUT2D eigenvalue weighted by atomic mass is 32.1. The van der Waals surface area contributed by atoms with Crippen LogP contribution in [0.3, 0.4) is 0 Å². The van der Waals surface area contributed by atoms with Crippen molar-refractivity contribution in [1.82, 2.24) is 15.3 Å². The summed E-state index contributed by atoms with van der Waals surface area (Å²) < 4.78 is 6.23. The molecule has 5 heterocycles. The second kappa shape index (κ2) is 6.09. The number of nitrogens with zero attached hydrogens (tertiary/aromatic N) is 3. The molecular weight excluding hydrogens is 336 g/mol. The third-order valence-electron chi connectivity index (χ3n) is 5.26. The molecule has 1 aromatic carbocycles. The van der Waals surface area contributed by atoms with E-state index in [1.807, 2.05) is 17.5 Å². The van der Waals surface area contributed by atoms with Crippen LogP contribution in [0.5, 0.6) is 0 Å². The summed E-state index contributed by atoms with van der Waals surface area (Å²) in [6.45, 7) is 2.92. The number of hydrogen-bond acceptors (Lipinski definition) is 7. The SMILES string of the molecule is OCc1ccc(-c2nccs2)c2oc(N3CC4CCC(C3)NC4)nc12. The minimum Gasteiger partial charge on any atom is -0.423 e. The van der Waals surface area contributed by atoms with Crippen molar-refractivity contribution in [2.75, 3.05) is 24.5 Å². The molecule has 6 rings (SSSR count). The summed E-state index contributed by atoms with van der Waals surface area (Å²) in [5.41, 5.74) is 3.20. The molecule has 25 heavy (non-hydrogen) atoms. The molecule has 2 aromatic heterocycles. The molecule has 7 heteroatoms. The van der Waals surface area contributed by atoms with E-state index in [1.54, 1.807) is 17.5 Å². The molecule has 2 N–H and O–H groups in total. The normalized spacial score (nSPS) is 23.3. The maximum atomic E-state index is 9.70. The fourth-order valence-electron chi connectivity index (χ4n) is 3.93. The average molecular weight is 356 g/mol. The molecule has 2 atom stereocenters. The summed E-state index contributed by atoms with van der Waals surface area (Å²) in [4.78, 5) is 11.4. The van der Waals surface area contributed by atoms with Crippen LogP contribution in [0.15, 0.2) is 28.1 Å². The fraction of sp³-hybridized carbons (Fsp3) is 0.444. The van der Waals surface area contributed by atoms with E-state index in [9.17, 15) is 5.11 Å². The van der Waals surface area contributed by atoms with Crippen LogP contribution in [0.1, 0.15) is 18.4 Å². The summed E-state index contributed by atoms with van der Waals surface area (Å²) in [5.74, 6) is 0.643. The van der Waals surface area contributed by atoms with Crippen LogP contribution in [0.25, 0.3) is 21.7 Å². The lowest BCUT2D eigenvalue weighted by Crippen LogP contribution is -2.39. The van der Waals surface area contributed by atoms with Crippen molar-refractivity contribution >= 4 is 28.5 Å². The van der Waals surface area contributed by atoms with Crippen molar-refractivity contribution in [2.45, 2.75) is 25.5 Å². The number of nitrogens with one attached hydrogen (secondary N) is 1. The van der Waals surface area contributed by atoms with Crippen LogP contribution in [-0.4, -0.2) is 40.8 Å². The zero-order valence-corrected chi connectivity index (χ0v) is 14.6. The van der Waals surface area contributed by atoms with Crippen LogP contribution in [0.4, 0.5) is 6.01 Å². The zero-order chi connectivity index (χ0) is 16.8. The van der Waals surface area contributed by atoms with Gasteiger partial charge in [0.25, 0.3) is 6.01 Å². The third kappa shape index (κ3) is 2.63. The van der Waals surface area contributed by atoms with E-state index < -0.39 is 0 Å². The summed E-state index contributed by atoms with van der Waals surface area (Å²) in [7, 11) is 0. The second-order valence-corrected chi connectivity index (χ2v) is 7.79. The first kappa shape index (κ1) is 15.3. The van der Waals surface area contributed by atoms with Gasteiger partial charge in [0.05, 0.1) is 12.2 Å². The van der Waals surface area contributed by atoms with E-state index in [1.165, 1.54) is 12.8 Å². The van der Waals surface area contributed by atoms with Gasteiger partial charge < -0.3 is 19.7 Å². The number of benzene rings is 1. The monoisotopic (exact) mass is 356 g/mol. The van der Waals surface area contributed by atoms with Gasteiger partial charge in [-0.15, -0.1) is 11.3 Å². The van der Waals surface area contributed by atoms with Gasteiger partial charge in [-0.3, -0.25) is 0 Å².